The summed E-state index contributed by atoms with van der Waals surface area (Å²) < 4.78 is 11.7. The van der Waals surface area contributed by atoms with Gasteiger partial charge in [-0.05, 0) is 53.7 Å². The van der Waals surface area contributed by atoms with Crippen molar-refractivity contribution < 1.29 is 9.47 Å². The van der Waals surface area contributed by atoms with Crippen LogP contribution in [0.4, 0.5) is 0 Å². The number of allylic oxidation sites excluding steroid dienone is 2. The van der Waals surface area contributed by atoms with E-state index >= 15 is 0 Å². The van der Waals surface area contributed by atoms with Crippen molar-refractivity contribution in [3.05, 3.63) is 23.7 Å². The lowest BCUT2D eigenvalue weighted by molar-refractivity contribution is 0.0655. The summed E-state index contributed by atoms with van der Waals surface area (Å²) >= 11 is 0. The molecule has 0 bridgehead atoms. The highest BCUT2D eigenvalue weighted by atomic mass is 33.1. The van der Waals surface area contributed by atoms with Crippen LogP contribution >= 0.6 is 21.6 Å². The minimum atomic E-state index is -0.107. The average molecular weight is 286 g/mol. The third-order valence-corrected chi connectivity index (χ3v) is 6.76. The topological polar surface area (TPSA) is 18.5 Å². The van der Waals surface area contributed by atoms with Crippen molar-refractivity contribution in [1.82, 2.24) is 0 Å². The van der Waals surface area contributed by atoms with Gasteiger partial charge in [-0.1, -0.05) is 21.6 Å². The zero-order valence-electron chi connectivity index (χ0n) is 11.9. The van der Waals surface area contributed by atoms with Crippen LogP contribution in [0.1, 0.15) is 41.5 Å². The molecule has 102 valence electrons. The summed E-state index contributed by atoms with van der Waals surface area (Å²) in [6, 6.07) is 0. The highest BCUT2D eigenvalue weighted by Gasteiger charge is 2.40. The maximum Gasteiger partial charge on any atom is 0.119 e. The molecule has 0 aromatic rings. The van der Waals surface area contributed by atoms with E-state index in [1.165, 1.54) is 0 Å². The van der Waals surface area contributed by atoms with Crippen LogP contribution in [0.15, 0.2) is 23.7 Å². The van der Waals surface area contributed by atoms with Gasteiger partial charge in [-0.2, -0.15) is 0 Å². The van der Waals surface area contributed by atoms with Crippen LogP contribution in [0.25, 0.3) is 0 Å². The maximum absolute atomic E-state index is 5.83. The zero-order chi connectivity index (χ0) is 13.6. The van der Waals surface area contributed by atoms with E-state index in [9.17, 15) is 0 Å². The quantitative estimate of drug-likeness (QED) is 0.709. The van der Waals surface area contributed by atoms with Crippen LogP contribution in [-0.2, 0) is 9.47 Å². The van der Waals surface area contributed by atoms with Crippen LogP contribution in [0, 0.1) is 0 Å². The summed E-state index contributed by atoms with van der Waals surface area (Å²) in [5.41, 5.74) is -0.214. The number of hydrogen-bond acceptors (Lipinski definition) is 4. The largest absolute Gasteiger partial charge is 0.491 e. The Morgan fingerprint density at radius 3 is 1.39 bits per heavy atom. The van der Waals surface area contributed by atoms with Gasteiger partial charge in [0.2, 0.25) is 0 Å². The molecule has 2 aliphatic heterocycles. The lowest BCUT2D eigenvalue weighted by atomic mass is 10.1. The molecule has 0 fully saturated rings. The molecule has 0 spiro atoms. The summed E-state index contributed by atoms with van der Waals surface area (Å²) in [5.74, 6) is 2.07. The Bertz CT molecular complexity index is 359. The van der Waals surface area contributed by atoms with E-state index in [1.54, 1.807) is 0 Å². The first kappa shape index (κ1) is 14.2. The fraction of sp³-hybridized carbons (Fsp3) is 0.714. The van der Waals surface area contributed by atoms with Gasteiger partial charge in [0.25, 0.3) is 0 Å². The van der Waals surface area contributed by atoms with Gasteiger partial charge in [0.15, 0.2) is 0 Å². The standard InChI is InChI=1S/C14H22O2S2/c1-9-7-11(13(3,4)15-9)17-18-12-8-10(2)16-14(12,5)6/h7-8,11-12H,1-6H3. The van der Waals surface area contributed by atoms with Crippen LogP contribution in [0.3, 0.4) is 0 Å². The van der Waals surface area contributed by atoms with Gasteiger partial charge in [-0.3, -0.25) is 0 Å². The van der Waals surface area contributed by atoms with Crippen molar-refractivity contribution in [3.63, 3.8) is 0 Å². The third kappa shape index (κ3) is 2.85. The fourth-order valence-corrected chi connectivity index (χ4v) is 5.98. The van der Waals surface area contributed by atoms with E-state index < -0.39 is 0 Å². The molecule has 2 heterocycles. The average Bonchev–Trinajstić information content (AvgIpc) is 2.58. The second-order valence-electron chi connectivity index (χ2n) is 6.00. The van der Waals surface area contributed by atoms with Gasteiger partial charge >= 0.3 is 0 Å². The molecule has 2 atom stereocenters. The van der Waals surface area contributed by atoms with E-state index in [2.05, 4.69) is 39.8 Å². The van der Waals surface area contributed by atoms with Crippen LogP contribution in [-0.4, -0.2) is 21.7 Å². The fourth-order valence-electron chi connectivity index (χ4n) is 2.25. The van der Waals surface area contributed by atoms with Crippen LogP contribution in [0.5, 0.6) is 0 Å². The Morgan fingerprint density at radius 1 is 0.833 bits per heavy atom. The minimum Gasteiger partial charge on any atom is -0.491 e. The first-order chi connectivity index (χ1) is 8.21. The highest BCUT2D eigenvalue weighted by Crippen LogP contribution is 2.47. The molecule has 2 rings (SSSR count). The second kappa shape index (κ2) is 4.71. The van der Waals surface area contributed by atoms with Gasteiger partial charge < -0.3 is 9.47 Å². The van der Waals surface area contributed by atoms with Gasteiger partial charge in [-0.25, -0.2) is 0 Å². The molecule has 0 saturated heterocycles. The minimum absolute atomic E-state index is 0.107. The normalized spacial score (nSPS) is 32.6. The zero-order valence-corrected chi connectivity index (χ0v) is 13.6. The van der Waals surface area contributed by atoms with Crippen molar-refractivity contribution >= 4 is 21.6 Å². The summed E-state index contributed by atoms with van der Waals surface area (Å²) in [6.45, 7) is 12.6. The molecular formula is C14H22O2S2. The van der Waals surface area contributed by atoms with E-state index in [-0.39, 0.29) is 11.2 Å². The van der Waals surface area contributed by atoms with Crippen molar-refractivity contribution in [2.75, 3.05) is 0 Å². The Hall–Kier alpha value is -0.220. The molecule has 2 unspecified atom stereocenters. The van der Waals surface area contributed by atoms with Gasteiger partial charge in [0.05, 0.1) is 22.0 Å². The second-order valence-corrected chi connectivity index (χ2v) is 8.55. The molecule has 2 aliphatic rings. The van der Waals surface area contributed by atoms with Gasteiger partial charge in [0.1, 0.15) is 11.2 Å². The monoisotopic (exact) mass is 286 g/mol. The first-order valence-electron chi connectivity index (χ1n) is 6.28. The first-order valence-corrected chi connectivity index (χ1v) is 8.55. The number of rotatable bonds is 3. The molecule has 0 aromatic heterocycles. The Labute approximate surface area is 118 Å². The van der Waals surface area contributed by atoms with Crippen LogP contribution < -0.4 is 0 Å². The molecule has 4 heteroatoms. The van der Waals surface area contributed by atoms with Crippen LogP contribution in [0.2, 0.25) is 0 Å². The van der Waals surface area contributed by atoms with Gasteiger partial charge in [-0.15, -0.1) is 0 Å². The number of ether oxygens (including phenoxy) is 2. The molecule has 0 aromatic carbocycles. The predicted molar refractivity (Wildman–Crippen MR) is 80.6 cm³/mol. The molecule has 0 N–H and O–H groups in total. The Balaban J connectivity index is 1.96. The van der Waals surface area contributed by atoms with Crippen molar-refractivity contribution in [2.45, 2.75) is 63.2 Å². The smallest absolute Gasteiger partial charge is 0.119 e. The van der Waals surface area contributed by atoms with E-state index in [4.69, 9.17) is 9.47 Å². The van der Waals surface area contributed by atoms with E-state index in [0.29, 0.717) is 10.5 Å². The molecular weight excluding hydrogens is 264 g/mol. The molecule has 0 aliphatic carbocycles. The third-order valence-electron chi connectivity index (χ3n) is 3.25. The van der Waals surface area contributed by atoms with Crippen molar-refractivity contribution in [3.8, 4) is 0 Å². The van der Waals surface area contributed by atoms with E-state index in [0.717, 1.165) is 11.5 Å². The molecule has 0 radical (unpaired) electrons. The summed E-state index contributed by atoms with van der Waals surface area (Å²) in [7, 11) is 3.77. The van der Waals surface area contributed by atoms with E-state index in [1.807, 2.05) is 35.4 Å². The Kier molecular flexibility index (Phi) is 3.72. The lowest BCUT2D eigenvalue weighted by Gasteiger charge is -2.29. The lowest BCUT2D eigenvalue weighted by Crippen LogP contribution is -2.32. The SMILES string of the molecule is CC1=CC(SSC2C=C(C)OC2(C)C)C(C)(C)O1. The summed E-state index contributed by atoms with van der Waals surface area (Å²) in [5, 5.41) is 0.792. The summed E-state index contributed by atoms with van der Waals surface area (Å²) in [4.78, 5) is 0. The Morgan fingerprint density at radius 2 is 1.17 bits per heavy atom. The van der Waals surface area contributed by atoms with Crippen molar-refractivity contribution in [2.24, 2.45) is 0 Å². The molecule has 18 heavy (non-hydrogen) atoms. The van der Waals surface area contributed by atoms with Crippen molar-refractivity contribution in [1.29, 1.82) is 0 Å². The highest BCUT2D eigenvalue weighted by molar-refractivity contribution is 8.77. The maximum atomic E-state index is 5.83. The van der Waals surface area contributed by atoms with Gasteiger partial charge in [0, 0.05) is 0 Å². The predicted octanol–water partition coefficient (Wildman–Crippen LogP) is 4.53. The molecule has 2 nitrogen and oxygen atoms in total. The molecule has 0 amide bonds. The summed E-state index contributed by atoms with van der Waals surface area (Å²) in [6.07, 6.45) is 4.44. The number of hydrogen-bond donors (Lipinski definition) is 0. The molecule has 0 saturated carbocycles.